The first-order chi connectivity index (χ1) is 10.0. The standard InChI is InChI=1S/C13H15N5O2S/c1-3-18(4-2)21(19,20)13-8-6-5-7-12(13)17-16-11(9-14)10-15/h5-8,17H,3-4H2,1-2H3. The van der Waals surface area contributed by atoms with Gasteiger partial charge in [-0.25, -0.2) is 8.42 Å². The fourth-order valence-electron chi connectivity index (χ4n) is 1.68. The predicted molar refractivity (Wildman–Crippen MR) is 78.8 cm³/mol. The number of para-hydroxylation sites is 1. The zero-order chi connectivity index (χ0) is 15.9. The van der Waals surface area contributed by atoms with Crippen LogP contribution in [0.15, 0.2) is 34.3 Å². The van der Waals surface area contributed by atoms with Gasteiger partial charge in [0, 0.05) is 13.1 Å². The Kier molecular flexibility index (Phi) is 5.85. The van der Waals surface area contributed by atoms with Gasteiger partial charge in [0.2, 0.25) is 15.7 Å². The van der Waals surface area contributed by atoms with E-state index < -0.39 is 10.0 Å². The van der Waals surface area contributed by atoms with Crippen molar-refractivity contribution in [2.45, 2.75) is 18.7 Å². The first-order valence-electron chi connectivity index (χ1n) is 6.24. The van der Waals surface area contributed by atoms with Crippen LogP contribution in [0.4, 0.5) is 5.69 Å². The molecule has 1 aromatic carbocycles. The van der Waals surface area contributed by atoms with Gasteiger partial charge in [0.1, 0.15) is 17.0 Å². The summed E-state index contributed by atoms with van der Waals surface area (Å²) in [5.74, 6) is 0. The molecule has 0 heterocycles. The lowest BCUT2D eigenvalue weighted by Gasteiger charge is -2.20. The Balaban J connectivity index is 3.26. The van der Waals surface area contributed by atoms with Crippen LogP contribution < -0.4 is 5.43 Å². The van der Waals surface area contributed by atoms with E-state index in [1.54, 1.807) is 38.1 Å². The Morgan fingerprint density at radius 1 is 1.24 bits per heavy atom. The van der Waals surface area contributed by atoms with Gasteiger partial charge < -0.3 is 0 Å². The van der Waals surface area contributed by atoms with Crippen LogP contribution in [0.1, 0.15) is 13.8 Å². The molecule has 0 aliphatic rings. The highest BCUT2D eigenvalue weighted by molar-refractivity contribution is 7.89. The third-order valence-corrected chi connectivity index (χ3v) is 4.82. The van der Waals surface area contributed by atoms with Gasteiger partial charge in [0.05, 0.1) is 5.69 Å². The van der Waals surface area contributed by atoms with Crippen molar-refractivity contribution in [3.63, 3.8) is 0 Å². The van der Waals surface area contributed by atoms with Crippen LogP contribution in [0.5, 0.6) is 0 Å². The van der Waals surface area contributed by atoms with Gasteiger partial charge >= 0.3 is 0 Å². The number of sulfonamides is 1. The second kappa shape index (κ2) is 7.39. The van der Waals surface area contributed by atoms with Gasteiger partial charge in [0.25, 0.3) is 0 Å². The fourth-order valence-corrected chi connectivity index (χ4v) is 3.28. The highest BCUT2D eigenvalue weighted by Gasteiger charge is 2.24. The molecular formula is C13H15N5O2S. The van der Waals surface area contributed by atoms with E-state index in [1.807, 2.05) is 0 Å². The average Bonchev–Trinajstić information content (AvgIpc) is 2.49. The lowest BCUT2D eigenvalue weighted by atomic mass is 10.3. The summed E-state index contributed by atoms with van der Waals surface area (Å²) in [7, 11) is -3.66. The number of hydrogen-bond donors (Lipinski definition) is 1. The molecule has 0 aliphatic carbocycles. The van der Waals surface area contributed by atoms with Crippen LogP contribution in [0.25, 0.3) is 0 Å². The highest BCUT2D eigenvalue weighted by atomic mass is 32.2. The van der Waals surface area contributed by atoms with E-state index in [2.05, 4.69) is 10.5 Å². The first-order valence-corrected chi connectivity index (χ1v) is 7.68. The van der Waals surface area contributed by atoms with Crippen molar-refractivity contribution in [1.29, 1.82) is 10.5 Å². The number of nitrogens with one attached hydrogen (secondary N) is 1. The van der Waals surface area contributed by atoms with Crippen LogP contribution in [0.3, 0.4) is 0 Å². The summed E-state index contributed by atoms with van der Waals surface area (Å²) < 4.78 is 26.3. The van der Waals surface area contributed by atoms with E-state index in [-0.39, 0.29) is 16.3 Å². The smallest absolute Gasteiger partial charge is 0.245 e. The molecule has 0 aliphatic heterocycles. The van der Waals surface area contributed by atoms with Crippen LogP contribution in [-0.2, 0) is 10.0 Å². The second-order valence-corrected chi connectivity index (χ2v) is 5.79. The minimum Gasteiger partial charge on any atom is -0.275 e. The number of nitrogens with zero attached hydrogens (tertiary/aromatic N) is 4. The van der Waals surface area contributed by atoms with Gasteiger partial charge in [-0.3, -0.25) is 5.43 Å². The van der Waals surface area contributed by atoms with Crippen molar-refractivity contribution < 1.29 is 8.42 Å². The number of anilines is 1. The third kappa shape index (κ3) is 3.78. The zero-order valence-corrected chi connectivity index (χ0v) is 12.6. The summed E-state index contributed by atoms with van der Waals surface area (Å²) in [6.45, 7) is 4.19. The molecule has 21 heavy (non-hydrogen) atoms. The molecule has 8 heteroatoms. The van der Waals surface area contributed by atoms with Crippen LogP contribution in [0, 0.1) is 22.7 Å². The molecule has 7 nitrogen and oxygen atoms in total. The fraction of sp³-hybridized carbons (Fsp3) is 0.308. The lowest BCUT2D eigenvalue weighted by Crippen LogP contribution is -2.31. The molecule has 110 valence electrons. The number of hydrogen-bond acceptors (Lipinski definition) is 6. The molecule has 0 amide bonds. The molecule has 1 aromatic rings. The van der Waals surface area contributed by atoms with Gasteiger partial charge in [-0.05, 0) is 12.1 Å². The predicted octanol–water partition coefficient (Wildman–Crippen LogP) is 1.53. The largest absolute Gasteiger partial charge is 0.275 e. The first kappa shape index (κ1) is 16.6. The van der Waals surface area contributed by atoms with Crippen molar-refractivity contribution in [3.05, 3.63) is 24.3 Å². The van der Waals surface area contributed by atoms with Gasteiger partial charge in [0.15, 0.2) is 0 Å². The van der Waals surface area contributed by atoms with E-state index >= 15 is 0 Å². The molecule has 1 rings (SSSR count). The Morgan fingerprint density at radius 3 is 2.33 bits per heavy atom. The topological polar surface area (TPSA) is 109 Å². The van der Waals surface area contributed by atoms with Crippen molar-refractivity contribution >= 4 is 21.4 Å². The molecule has 0 saturated carbocycles. The molecule has 0 saturated heterocycles. The van der Waals surface area contributed by atoms with Crippen molar-refractivity contribution in [2.75, 3.05) is 18.5 Å². The molecule has 0 fully saturated rings. The van der Waals surface area contributed by atoms with Crippen molar-refractivity contribution in [3.8, 4) is 12.1 Å². The van der Waals surface area contributed by atoms with Crippen LogP contribution in [-0.4, -0.2) is 31.5 Å². The SMILES string of the molecule is CCN(CC)S(=O)(=O)c1ccccc1NN=C(C#N)C#N. The second-order valence-electron chi connectivity index (χ2n) is 3.88. The maximum absolute atomic E-state index is 12.5. The summed E-state index contributed by atoms with van der Waals surface area (Å²) in [6.07, 6.45) is 0. The number of hydrazone groups is 1. The maximum Gasteiger partial charge on any atom is 0.245 e. The van der Waals surface area contributed by atoms with Gasteiger partial charge in [-0.15, -0.1) is 0 Å². The van der Waals surface area contributed by atoms with E-state index in [0.717, 1.165) is 0 Å². The lowest BCUT2D eigenvalue weighted by molar-refractivity contribution is 0.445. The summed E-state index contributed by atoms with van der Waals surface area (Å²) in [6, 6.07) is 9.39. The summed E-state index contributed by atoms with van der Waals surface area (Å²) in [5.41, 5.74) is 2.29. The molecule has 0 spiro atoms. The van der Waals surface area contributed by atoms with E-state index in [0.29, 0.717) is 13.1 Å². The summed E-state index contributed by atoms with van der Waals surface area (Å²) in [5, 5.41) is 20.8. The molecule has 0 aromatic heterocycles. The molecule has 0 atom stereocenters. The quantitative estimate of drug-likeness (QED) is 0.633. The normalized spacial score (nSPS) is 10.5. The molecule has 1 N–H and O–H groups in total. The van der Waals surface area contributed by atoms with Crippen molar-refractivity contribution in [2.24, 2.45) is 5.10 Å². The van der Waals surface area contributed by atoms with E-state index in [9.17, 15) is 8.42 Å². The number of benzene rings is 1. The zero-order valence-electron chi connectivity index (χ0n) is 11.7. The van der Waals surface area contributed by atoms with Gasteiger partial charge in [-0.2, -0.15) is 19.9 Å². The minimum atomic E-state index is -3.66. The maximum atomic E-state index is 12.5. The van der Waals surface area contributed by atoms with E-state index in [1.165, 1.54) is 16.4 Å². The Labute approximate surface area is 124 Å². The minimum absolute atomic E-state index is 0.0488. The summed E-state index contributed by atoms with van der Waals surface area (Å²) in [4.78, 5) is 0.0488. The number of nitriles is 2. The van der Waals surface area contributed by atoms with Crippen LogP contribution in [0.2, 0.25) is 0 Å². The molecular weight excluding hydrogens is 290 g/mol. The van der Waals surface area contributed by atoms with Crippen LogP contribution >= 0.6 is 0 Å². The molecule has 0 unspecified atom stereocenters. The summed E-state index contributed by atoms with van der Waals surface area (Å²) >= 11 is 0. The monoisotopic (exact) mass is 305 g/mol. The van der Waals surface area contributed by atoms with E-state index in [4.69, 9.17) is 10.5 Å². The Hall–Kier alpha value is -2.42. The Bertz CT molecular complexity index is 693. The molecule has 0 bridgehead atoms. The Morgan fingerprint density at radius 2 is 1.81 bits per heavy atom. The number of rotatable bonds is 6. The van der Waals surface area contributed by atoms with Gasteiger partial charge in [-0.1, -0.05) is 26.0 Å². The molecule has 0 radical (unpaired) electrons. The van der Waals surface area contributed by atoms with Crippen molar-refractivity contribution in [1.82, 2.24) is 4.31 Å². The average molecular weight is 305 g/mol. The third-order valence-electron chi connectivity index (χ3n) is 2.71. The highest BCUT2D eigenvalue weighted by Crippen LogP contribution is 2.24.